The molecule has 54 valence electrons. The van der Waals surface area contributed by atoms with Crippen molar-refractivity contribution < 1.29 is 10.2 Å². The molecule has 0 bridgehead atoms. The van der Waals surface area contributed by atoms with Crippen LogP contribution in [0, 0.1) is 0 Å². The SMILES string of the molecule is OCc1cnc(CO)cn1. The number of aromatic nitrogens is 2. The van der Waals surface area contributed by atoms with Crippen LogP contribution in [0.5, 0.6) is 0 Å². The molecule has 0 aliphatic rings. The third-order valence-corrected chi connectivity index (χ3v) is 1.08. The lowest BCUT2D eigenvalue weighted by Gasteiger charge is -1.94. The van der Waals surface area contributed by atoms with Crippen molar-refractivity contribution in [3.05, 3.63) is 23.8 Å². The van der Waals surface area contributed by atoms with Crippen molar-refractivity contribution in [2.75, 3.05) is 0 Å². The zero-order valence-electron chi connectivity index (χ0n) is 5.36. The fourth-order valence-corrected chi connectivity index (χ4v) is 0.545. The van der Waals surface area contributed by atoms with Crippen LogP contribution in [0.1, 0.15) is 11.4 Å². The van der Waals surface area contributed by atoms with Crippen LogP contribution in [0.15, 0.2) is 12.4 Å². The van der Waals surface area contributed by atoms with Gasteiger partial charge in [-0.05, 0) is 0 Å². The Balaban J connectivity index is 2.80. The molecule has 0 aliphatic carbocycles. The molecule has 0 atom stereocenters. The summed E-state index contributed by atoms with van der Waals surface area (Å²) in [5, 5.41) is 17.1. The Morgan fingerprint density at radius 2 is 1.40 bits per heavy atom. The minimum atomic E-state index is -0.112. The van der Waals surface area contributed by atoms with Gasteiger partial charge in [0.1, 0.15) is 0 Å². The van der Waals surface area contributed by atoms with E-state index in [0.29, 0.717) is 11.4 Å². The van der Waals surface area contributed by atoms with Crippen molar-refractivity contribution in [3.8, 4) is 0 Å². The summed E-state index contributed by atoms with van der Waals surface area (Å²) in [5.74, 6) is 0. The minimum Gasteiger partial charge on any atom is -0.390 e. The first-order valence-corrected chi connectivity index (χ1v) is 2.88. The van der Waals surface area contributed by atoms with Crippen molar-refractivity contribution in [2.24, 2.45) is 0 Å². The summed E-state index contributed by atoms with van der Waals surface area (Å²) in [6.45, 7) is -0.225. The number of aliphatic hydroxyl groups is 2. The molecular weight excluding hydrogens is 132 g/mol. The maximum absolute atomic E-state index is 8.54. The predicted octanol–water partition coefficient (Wildman–Crippen LogP) is -0.539. The zero-order valence-corrected chi connectivity index (χ0v) is 5.36. The molecule has 0 unspecified atom stereocenters. The van der Waals surface area contributed by atoms with Gasteiger partial charge < -0.3 is 10.2 Å². The second kappa shape index (κ2) is 3.24. The molecule has 0 radical (unpaired) electrons. The van der Waals surface area contributed by atoms with Gasteiger partial charge in [0.15, 0.2) is 0 Å². The number of nitrogens with zero attached hydrogens (tertiary/aromatic N) is 2. The van der Waals surface area contributed by atoms with Gasteiger partial charge in [-0.1, -0.05) is 0 Å². The summed E-state index contributed by atoms with van der Waals surface area (Å²) in [4.78, 5) is 7.59. The zero-order chi connectivity index (χ0) is 7.40. The minimum absolute atomic E-state index is 0.112. The van der Waals surface area contributed by atoms with Crippen LogP contribution >= 0.6 is 0 Å². The lowest BCUT2D eigenvalue weighted by molar-refractivity contribution is 0.269. The highest BCUT2D eigenvalue weighted by molar-refractivity contribution is 4.99. The van der Waals surface area contributed by atoms with E-state index in [2.05, 4.69) is 9.97 Å². The first-order chi connectivity index (χ1) is 4.86. The van der Waals surface area contributed by atoms with Gasteiger partial charge in [-0.2, -0.15) is 0 Å². The standard InChI is InChI=1S/C6H8N2O2/c9-3-5-1-7-6(4-10)2-8-5/h1-2,9-10H,3-4H2. The van der Waals surface area contributed by atoms with Gasteiger partial charge in [-0.25, -0.2) is 0 Å². The molecule has 0 aliphatic heterocycles. The van der Waals surface area contributed by atoms with Gasteiger partial charge in [-0.3, -0.25) is 9.97 Å². The average Bonchev–Trinajstić information content (AvgIpc) is 2.05. The highest BCUT2D eigenvalue weighted by Crippen LogP contribution is 1.93. The summed E-state index contributed by atoms with van der Waals surface area (Å²) in [6, 6.07) is 0. The third-order valence-electron chi connectivity index (χ3n) is 1.08. The highest BCUT2D eigenvalue weighted by Gasteiger charge is 1.92. The van der Waals surface area contributed by atoms with Crippen LogP contribution in [0.2, 0.25) is 0 Å². The van der Waals surface area contributed by atoms with Crippen molar-refractivity contribution in [2.45, 2.75) is 13.2 Å². The molecular formula is C6H8N2O2. The van der Waals surface area contributed by atoms with Crippen molar-refractivity contribution >= 4 is 0 Å². The normalized spacial score (nSPS) is 9.80. The second-order valence-electron chi connectivity index (χ2n) is 1.82. The van der Waals surface area contributed by atoms with Crippen molar-refractivity contribution in [3.63, 3.8) is 0 Å². The van der Waals surface area contributed by atoms with E-state index in [0.717, 1.165) is 0 Å². The third kappa shape index (κ3) is 1.49. The highest BCUT2D eigenvalue weighted by atomic mass is 16.3. The van der Waals surface area contributed by atoms with Crippen molar-refractivity contribution in [1.82, 2.24) is 9.97 Å². The summed E-state index contributed by atoms with van der Waals surface area (Å²) in [5.41, 5.74) is 1.02. The van der Waals surface area contributed by atoms with Gasteiger partial charge in [-0.15, -0.1) is 0 Å². The smallest absolute Gasteiger partial charge is 0.0868 e. The van der Waals surface area contributed by atoms with E-state index in [9.17, 15) is 0 Å². The summed E-state index contributed by atoms with van der Waals surface area (Å²) >= 11 is 0. The van der Waals surface area contributed by atoms with Crippen LogP contribution in [0.25, 0.3) is 0 Å². The van der Waals surface area contributed by atoms with Gasteiger partial charge in [0.2, 0.25) is 0 Å². The Bertz CT molecular complexity index is 174. The molecule has 0 amide bonds. The second-order valence-corrected chi connectivity index (χ2v) is 1.82. The number of hydrogen-bond donors (Lipinski definition) is 2. The van der Waals surface area contributed by atoms with E-state index in [1.807, 2.05) is 0 Å². The van der Waals surface area contributed by atoms with E-state index < -0.39 is 0 Å². The molecule has 0 saturated heterocycles. The van der Waals surface area contributed by atoms with E-state index in [4.69, 9.17) is 10.2 Å². The lowest BCUT2D eigenvalue weighted by Crippen LogP contribution is -1.94. The van der Waals surface area contributed by atoms with Crippen LogP contribution in [-0.4, -0.2) is 20.2 Å². The summed E-state index contributed by atoms with van der Waals surface area (Å²) in [7, 11) is 0. The maximum Gasteiger partial charge on any atom is 0.0868 e. The Morgan fingerprint density at radius 3 is 1.60 bits per heavy atom. The topological polar surface area (TPSA) is 66.2 Å². The van der Waals surface area contributed by atoms with Crippen LogP contribution < -0.4 is 0 Å². The number of rotatable bonds is 2. The Hall–Kier alpha value is -1.00. The predicted molar refractivity (Wildman–Crippen MR) is 33.9 cm³/mol. The van der Waals surface area contributed by atoms with Gasteiger partial charge in [0.05, 0.1) is 37.0 Å². The first-order valence-electron chi connectivity index (χ1n) is 2.88. The van der Waals surface area contributed by atoms with Gasteiger partial charge >= 0.3 is 0 Å². The maximum atomic E-state index is 8.54. The molecule has 0 aromatic carbocycles. The Morgan fingerprint density at radius 1 is 1.00 bits per heavy atom. The van der Waals surface area contributed by atoms with Gasteiger partial charge in [0.25, 0.3) is 0 Å². The van der Waals surface area contributed by atoms with Crippen LogP contribution in [0.3, 0.4) is 0 Å². The van der Waals surface area contributed by atoms with E-state index in [1.165, 1.54) is 12.4 Å². The molecule has 0 spiro atoms. The van der Waals surface area contributed by atoms with Crippen molar-refractivity contribution in [1.29, 1.82) is 0 Å². The fraction of sp³-hybridized carbons (Fsp3) is 0.333. The number of hydrogen-bond acceptors (Lipinski definition) is 4. The monoisotopic (exact) mass is 140 g/mol. The van der Waals surface area contributed by atoms with E-state index in [1.54, 1.807) is 0 Å². The molecule has 1 heterocycles. The molecule has 1 aromatic rings. The first kappa shape index (κ1) is 7.11. The number of aliphatic hydroxyl groups excluding tert-OH is 2. The molecule has 0 fully saturated rings. The molecule has 4 heteroatoms. The molecule has 4 nitrogen and oxygen atoms in total. The molecule has 0 saturated carbocycles. The molecule has 2 N–H and O–H groups in total. The Kier molecular flexibility index (Phi) is 2.30. The molecule has 1 rings (SSSR count). The quantitative estimate of drug-likeness (QED) is 0.579. The van der Waals surface area contributed by atoms with Crippen LogP contribution in [0.4, 0.5) is 0 Å². The average molecular weight is 140 g/mol. The van der Waals surface area contributed by atoms with Crippen LogP contribution in [-0.2, 0) is 13.2 Å². The molecule has 10 heavy (non-hydrogen) atoms. The lowest BCUT2D eigenvalue weighted by atomic mass is 10.4. The van der Waals surface area contributed by atoms with E-state index in [-0.39, 0.29) is 13.2 Å². The largest absolute Gasteiger partial charge is 0.390 e. The van der Waals surface area contributed by atoms with Gasteiger partial charge in [0, 0.05) is 0 Å². The summed E-state index contributed by atoms with van der Waals surface area (Å²) in [6.07, 6.45) is 2.87. The summed E-state index contributed by atoms with van der Waals surface area (Å²) < 4.78 is 0. The van der Waals surface area contributed by atoms with E-state index >= 15 is 0 Å². The fourth-order valence-electron chi connectivity index (χ4n) is 0.545. The Labute approximate surface area is 58.2 Å². The molecule has 1 aromatic heterocycles.